The van der Waals surface area contributed by atoms with Crippen molar-refractivity contribution in [3.63, 3.8) is 0 Å². The van der Waals surface area contributed by atoms with Crippen LogP contribution in [0.4, 0.5) is 8.78 Å². The molecule has 1 aliphatic heterocycles. The summed E-state index contributed by atoms with van der Waals surface area (Å²) in [6.45, 7) is 2.38. The Balaban J connectivity index is 2.39. The van der Waals surface area contributed by atoms with Gasteiger partial charge >= 0.3 is 0 Å². The molecule has 0 aromatic heterocycles. The molecule has 0 amide bonds. The number of hydrogen-bond donors (Lipinski definition) is 1. The molecule has 0 spiro atoms. The Labute approximate surface area is 118 Å². The first-order valence-electron chi connectivity index (χ1n) is 6.85. The molecule has 0 saturated carbocycles. The highest BCUT2D eigenvalue weighted by Gasteiger charge is 2.36. The maximum Gasteiger partial charge on any atom is 0.155 e. The quantitative estimate of drug-likeness (QED) is 0.930. The zero-order valence-electron chi connectivity index (χ0n) is 11.4. The van der Waals surface area contributed by atoms with E-state index in [4.69, 9.17) is 0 Å². The first-order chi connectivity index (χ1) is 9.44. The molecule has 0 radical (unpaired) electrons. The summed E-state index contributed by atoms with van der Waals surface area (Å²) in [6, 6.07) is 2.65. The summed E-state index contributed by atoms with van der Waals surface area (Å²) in [5.74, 6) is -1.22. The van der Waals surface area contributed by atoms with E-state index in [1.165, 1.54) is 12.1 Å². The van der Waals surface area contributed by atoms with Gasteiger partial charge in [0.25, 0.3) is 0 Å². The number of rotatable bonds is 4. The maximum absolute atomic E-state index is 13.4. The Morgan fingerprint density at radius 3 is 2.45 bits per heavy atom. The van der Waals surface area contributed by atoms with Crippen molar-refractivity contribution in [2.75, 3.05) is 12.3 Å². The van der Waals surface area contributed by atoms with Crippen LogP contribution in [0.15, 0.2) is 18.2 Å². The largest absolute Gasteiger partial charge is 0.309 e. The van der Waals surface area contributed by atoms with Crippen molar-refractivity contribution < 1.29 is 17.2 Å². The first kappa shape index (κ1) is 15.4. The molecular weight excluding hydrogens is 284 g/mol. The lowest BCUT2D eigenvalue weighted by molar-refractivity contribution is 0.450. The van der Waals surface area contributed by atoms with Crippen LogP contribution in [0, 0.1) is 11.6 Å². The summed E-state index contributed by atoms with van der Waals surface area (Å²) >= 11 is 0. The standard InChI is InChI=1S/C14H19F2NO2S/c1-2-17-14(10-7-11(15)9-12(16)8-10)13-5-3-4-6-20(13,18)19/h7-9,13-14,17H,2-6H2,1H3. The van der Waals surface area contributed by atoms with Gasteiger partial charge < -0.3 is 5.32 Å². The molecule has 1 aliphatic rings. The van der Waals surface area contributed by atoms with Crippen LogP contribution in [0.25, 0.3) is 0 Å². The Hall–Kier alpha value is -1.01. The van der Waals surface area contributed by atoms with Crippen LogP contribution in [0.2, 0.25) is 0 Å². The van der Waals surface area contributed by atoms with E-state index in [1.54, 1.807) is 0 Å². The van der Waals surface area contributed by atoms with Gasteiger partial charge in [-0.3, -0.25) is 0 Å². The van der Waals surface area contributed by atoms with Crippen molar-refractivity contribution >= 4 is 9.84 Å². The van der Waals surface area contributed by atoms with Gasteiger partial charge in [-0.05, 0) is 37.1 Å². The Morgan fingerprint density at radius 2 is 1.90 bits per heavy atom. The fourth-order valence-corrected chi connectivity index (χ4v) is 4.90. The van der Waals surface area contributed by atoms with Gasteiger partial charge in [-0.15, -0.1) is 0 Å². The molecule has 1 heterocycles. The third-order valence-electron chi connectivity index (χ3n) is 3.67. The second kappa shape index (κ2) is 6.18. The van der Waals surface area contributed by atoms with Crippen LogP contribution in [0.3, 0.4) is 0 Å². The van der Waals surface area contributed by atoms with Crippen LogP contribution in [0.1, 0.15) is 37.8 Å². The average molecular weight is 303 g/mol. The molecular formula is C14H19F2NO2S. The van der Waals surface area contributed by atoms with Gasteiger partial charge in [0.1, 0.15) is 11.6 Å². The highest BCUT2D eigenvalue weighted by molar-refractivity contribution is 7.92. The number of sulfone groups is 1. The highest BCUT2D eigenvalue weighted by Crippen LogP contribution is 2.31. The lowest BCUT2D eigenvalue weighted by Crippen LogP contribution is -2.40. The molecule has 112 valence electrons. The van der Waals surface area contributed by atoms with Gasteiger partial charge in [0, 0.05) is 12.1 Å². The van der Waals surface area contributed by atoms with Crippen molar-refractivity contribution in [1.29, 1.82) is 0 Å². The van der Waals surface area contributed by atoms with Gasteiger partial charge in [0.2, 0.25) is 0 Å². The Kier molecular flexibility index (Phi) is 4.75. The molecule has 1 fully saturated rings. The van der Waals surface area contributed by atoms with E-state index in [-0.39, 0.29) is 5.75 Å². The van der Waals surface area contributed by atoms with Crippen molar-refractivity contribution in [1.82, 2.24) is 5.32 Å². The van der Waals surface area contributed by atoms with Crippen molar-refractivity contribution in [2.45, 2.75) is 37.5 Å². The van der Waals surface area contributed by atoms with Gasteiger partial charge in [-0.1, -0.05) is 13.3 Å². The first-order valence-corrected chi connectivity index (χ1v) is 8.56. The summed E-state index contributed by atoms with van der Waals surface area (Å²) < 4.78 is 51.2. The van der Waals surface area contributed by atoms with Crippen LogP contribution < -0.4 is 5.32 Å². The molecule has 1 saturated heterocycles. The molecule has 0 aliphatic carbocycles. The number of benzene rings is 1. The molecule has 3 nitrogen and oxygen atoms in total. The summed E-state index contributed by atoms with van der Waals surface area (Å²) in [7, 11) is -3.23. The minimum absolute atomic E-state index is 0.150. The molecule has 1 N–H and O–H groups in total. The van der Waals surface area contributed by atoms with E-state index in [1.807, 2.05) is 6.92 Å². The summed E-state index contributed by atoms with van der Waals surface area (Å²) in [6.07, 6.45) is 2.01. The third-order valence-corrected chi connectivity index (χ3v) is 5.96. The zero-order chi connectivity index (χ0) is 14.8. The SMILES string of the molecule is CCNC(c1cc(F)cc(F)c1)C1CCCCS1(=O)=O. The minimum atomic E-state index is -3.23. The molecule has 0 bridgehead atoms. The lowest BCUT2D eigenvalue weighted by atomic mass is 9.99. The molecule has 2 rings (SSSR count). The van der Waals surface area contributed by atoms with Gasteiger partial charge in [0.05, 0.1) is 11.0 Å². The van der Waals surface area contributed by atoms with E-state index in [0.717, 1.165) is 12.5 Å². The van der Waals surface area contributed by atoms with E-state index in [2.05, 4.69) is 5.32 Å². The molecule has 1 aromatic carbocycles. The fourth-order valence-electron chi connectivity index (χ4n) is 2.79. The molecule has 20 heavy (non-hydrogen) atoms. The predicted molar refractivity (Wildman–Crippen MR) is 74.2 cm³/mol. The number of hydrogen-bond acceptors (Lipinski definition) is 3. The molecule has 2 atom stereocenters. The Bertz CT molecular complexity index is 554. The summed E-state index contributed by atoms with van der Waals surface area (Å²) in [4.78, 5) is 0. The lowest BCUT2D eigenvalue weighted by Gasteiger charge is -2.31. The summed E-state index contributed by atoms with van der Waals surface area (Å²) in [5, 5.41) is 2.45. The highest BCUT2D eigenvalue weighted by atomic mass is 32.2. The third kappa shape index (κ3) is 3.35. The smallest absolute Gasteiger partial charge is 0.155 e. The van der Waals surface area contributed by atoms with E-state index < -0.39 is 32.8 Å². The second-order valence-electron chi connectivity index (χ2n) is 5.14. The second-order valence-corrected chi connectivity index (χ2v) is 7.48. The number of nitrogens with one attached hydrogen (secondary N) is 1. The van der Waals surface area contributed by atoms with Crippen LogP contribution in [-0.4, -0.2) is 26.0 Å². The van der Waals surface area contributed by atoms with E-state index >= 15 is 0 Å². The van der Waals surface area contributed by atoms with Crippen LogP contribution in [-0.2, 0) is 9.84 Å². The van der Waals surface area contributed by atoms with Crippen molar-refractivity contribution in [3.8, 4) is 0 Å². The fraction of sp³-hybridized carbons (Fsp3) is 0.571. The topological polar surface area (TPSA) is 46.2 Å². The van der Waals surface area contributed by atoms with Gasteiger partial charge in [0.15, 0.2) is 9.84 Å². The molecule has 1 aromatic rings. The predicted octanol–water partition coefficient (Wildman–Crippen LogP) is 2.58. The number of halogens is 2. The monoisotopic (exact) mass is 303 g/mol. The van der Waals surface area contributed by atoms with Gasteiger partial charge in [-0.25, -0.2) is 17.2 Å². The minimum Gasteiger partial charge on any atom is -0.309 e. The average Bonchev–Trinajstić information content (AvgIpc) is 2.35. The Morgan fingerprint density at radius 1 is 1.25 bits per heavy atom. The maximum atomic E-state index is 13.4. The summed E-state index contributed by atoms with van der Waals surface area (Å²) in [5.41, 5.74) is 0.361. The normalized spacial score (nSPS) is 23.4. The van der Waals surface area contributed by atoms with Crippen LogP contribution >= 0.6 is 0 Å². The zero-order valence-corrected chi connectivity index (χ0v) is 12.2. The molecule has 6 heteroatoms. The van der Waals surface area contributed by atoms with Gasteiger partial charge in [-0.2, -0.15) is 0 Å². The molecule has 2 unspecified atom stereocenters. The van der Waals surface area contributed by atoms with Crippen LogP contribution in [0.5, 0.6) is 0 Å². The van der Waals surface area contributed by atoms with Crippen molar-refractivity contribution in [2.24, 2.45) is 0 Å². The van der Waals surface area contributed by atoms with E-state index in [9.17, 15) is 17.2 Å². The van der Waals surface area contributed by atoms with E-state index in [0.29, 0.717) is 24.9 Å². The van der Waals surface area contributed by atoms with Crippen molar-refractivity contribution in [3.05, 3.63) is 35.4 Å².